The van der Waals surface area contributed by atoms with Gasteiger partial charge in [0.25, 0.3) is 0 Å². The first-order chi connectivity index (χ1) is 8.29. The topological polar surface area (TPSA) is 43.6 Å². The van der Waals surface area contributed by atoms with Crippen LogP contribution in [-0.4, -0.2) is 19.5 Å². The molecule has 0 aliphatic heterocycles. The van der Waals surface area contributed by atoms with Crippen LogP contribution in [0.1, 0.15) is 17.1 Å². The molecule has 0 aliphatic rings. The Hall–Kier alpha value is -1.63. The molecule has 0 aromatic carbocycles. The molecule has 0 N–H and O–H groups in total. The molecule has 8 heteroatoms. The fourth-order valence-electron chi connectivity index (χ4n) is 1.40. The molecule has 4 nitrogen and oxygen atoms in total. The van der Waals surface area contributed by atoms with Gasteiger partial charge in [0.1, 0.15) is 12.1 Å². The first-order valence-corrected chi connectivity index (χ1v) is 5.29. The van der Waals surface area contributed by atoms with Gasteiger partial charge in [-0.3, -0.25) is 4.57 Å². The van der Waals surface area contributed by atoms with E-state index in [1.165, 1.54) is 10.9 Å². The number of hydrogen-bond donors (Lipinski definition) is 0. The lowest BCUT2D eigenvalue weighted by molar-refractivity contribution is -0.141. The van der Waals surface area contributed by atoms with Gasteiger partial charge in [0.05, 0.1) is 5.69 Å². The molecule has 18 heavy (non-hydrogen) atoms. The summed E-state index contributed by atoms with van der Waals surface area (Å²) < 4.78 is 39.2. The molecule has 0 amide bonds. The molecule has 0 atom stereocenters. The summed E-state index contributed by atoms with van der Waals surface area (Å²) in [4.78, 5) is 10.9. The van der Waals surface area contributed by atoms with Crippen LogP contribution in [0, 0.1) is 13.8 Å². The van der Waals surface area contributed by atoms with Crippen molar-refractivity contribution < 1.29 is 13.2 Å². The summed E-state index contributed by atoms with van der Waals surface area (Å²) in [5.74, 6) is 0.0421. The lowest BCUT2D eigenvalue weighted by Gasteiger charge is -2.09. The van der Waals surface area contributed by atoms with Gasteiger partial charge in [-0.1, -0.05) is 0 Å². The SMILES string of the molecule is Cc1ncn(-c2cc(C(F)(F)F)nc(Cl)n2)c1C. The van der Waals surface area contributed by atoms with Crippen molar-refractivity contribution in [2.24, 2.45) is 0 Å². The van der Waals surface area contributed by atoms with Crippen molar-refractivity contribution >= 4 is 11.6 Å². The molecule has 96 valence electrons. The fourth-order valence-corrected chi connectivity index (χ4v) is 1.58. The summed E-state index contributed by atoms with van der Waals surface area (Å²) in [5, 5.41) is -0.453. The minimum Gasteiger partial charge on any atom is -0.287 e. The third kappa shape index (κ3) is 2.31. The van der Waals surface area contributed by atoms with Gasteiger partial charge in [0.15, 0.2) is 5.69 Å². The molecule has 2 rings (SSSR count). The van der Waals surface area contributed by atoms with E-state index in [1.807, 2.05) is 0 Å². The van der Waals surface area contributed by atoms with Crippen molar-refractivity contribution in [3.63, 3.8) is 0 Å². The first-order valence-electron chi connectivity index (χ1n) is 4.91. The van der Waals surface area contributed by atoms with Gasteiger partial charge in [-0.25, -0.2) is 9.97 Å². The van der Waals surface area contributed by atoms with Crippen molar-refractivity contribution in [2.75, 3.05) is 0 Å². The average Bonchev–Trinajstić information content (AvgIpc) is 2.58. The zero-order valence-electron chi connectivity index (χ0n) is 9.46. The van der Waals surface area contributed by atoms with Gasteiger partial charge in [-0.05, 0) is 25.4 Å². The molecule has 2 aromatic rings. The van der Waals surface area contributed by atoms with Crippen molar-refractivity contribution in [1.82, 2.24) is 19.5 Å². The maximum Gasteiger partial charge on any atom is 0.433 e. The zero-order valence-corrected chi connectivity index (χ0v) is 10.2. The Morgan fingerprint density at radius 3 is 2.39 bits per heavy atom. The van der Waals surface area contributed by atoms with E-state index < -0.39 is 17.2 Å². The Bertz CT molecular complexity index is 591. The normalized spacial score (nSPS) is 11.9. The first kappa shape index (κ1) is 12.8. The number of aryl methyl sites for hydroxylation is 1. The molecule has 0 saturated heterocycles. The summed E-state index contributed by atoms with van der Waals surface area (Å²) in [6, 6.07) is 0.833. The van der Waals surface area contributed by atoms with E-state index in [9.17, 15) is 13.2 Å². The quantitative estimate of drug-likeness (QED) is 0.752. The third-order valence-corrected chi connectivity index (χ3v) is 2.64. The predicted octanol–water partition coefficient (Wildman–Crippen LogP) is 2.95. The fraction of sp³-hybridized carbons (Fsp3) is 0.300. The van der Waals surface area contributed by atoms with Gasteiger partial charge in [-0.15, -0.1) is 0 Å². The molecular formula is C10H8ClF3N4. The van der Waals surface area contributed by atoms with Gasteiger partial charge in [0, 0.05) is 11.8 Å². The van der Waals surface area contributed by atoms with Crippen LogP contribution in [0.15, 0.2) is 12.4 Å². The number of rotatable bonds is 1. The highest BCUT2D eigenvalue weighted by Crippen LogP contribution is 2.29. The predicted molar refractivity (Wildman–Crippen MR) is 58.6 cm³/mol. The summed E-state index contributed by atoms with van der Waals surface area (Å²) in [6.07, 6.45) is -3.17. The maximum atomic E-state index is 12.6. The lowest BCUT2D eigenvalue weighted by Crippen LogP contribution is -2.11. The van der Waals surface area contributed by atoms with Crippen LogP contribution in [0.25, 0.3) is 5.82 Å². The minimum absolute atomic E-state index is 0.0421. The van der Waals surface area contributed by atoms with E-state index in [0.717, 1.165) is 6.07 Å². The molecule has 0 aliphatic carbocycles. The van der Waals surface area contributed by atoms with Gasteiger partial charge in [0.2, 0.25) is 5.28 Å². The molecule has 0 unspecified atom stereocenters. The molecule has 0 spiro atoms. The Labute approximate surface area is 105 Å². The van der Waals surface area contributed by atoms with E-state index in [-0.39, 0.29) is 5.82 Å². The second-order valence-corrected chi connectivity index (χ2v) is 4.00. The van der Waals surface area contributed by atoms with E-state index in [4.69, 9.17) is 11.6 Å². The van der Waals surface area contributed by atoms with Crippen LogP contribution in [0.5, 0.6) is 0 Å². The Morgan fingerprint density at radius 1 is 1.22 bits per heavy atom. The second-order valence-electron chi connectivity index (χ2n) is 3.66. The number of nitrogens with zero attached hydrogens (tertiary/aromatic N) is 4. The molecule has 2 heterocycles. The van der Waals surface area contributed by atoms with Crippen molar-refractivity contribution in [1.29, 1.82) is 0 Å². The molecule has 0 radical (unpaired) electrons. The third-order valence-electron chi connectivity index (χ3n) is 2.47. The van der Waals surface area contributed by atoms with E-state index in [2.05, 4.69) is 15.0 Å². The van der Waals surface area contributed by atoms with Crippen molar-refractivity contribution in [3.8, 4) is 5.82 Å². The van der Waals surface area contributed by atoms with Crippen LogP contribution in [0.3, 0.4) is 0 Å². The number of alkyl halides is 3. The molecule has 0 fully saturated rings. The maximum absolute atomic E-state index is 12.6. The summed E-state index contributed by atoms with van der Waals surface area (Å²) in [6.45, 7) is 3.48. The van der Waals surface area contributed by atoms with Crippen molar-refractivity contribution in [3.05, 3.63) is 34.8 Å². The lowest BCUT2D eigenvalue weighted by atomic mass is 10.3. The number of aromatic nitrogens is 4. The molecule has 0 saturated carbocycles. The number of imidazole rings is 1. The highest BCUT2D eigenvalue weighted by molar-refractivity contribution is 6.28. The highest BCUT2D eigenvalue weighted by Gasteiger charge is 2.33. The van der Waals surface area contributed by atoms with Gasteiger partial charge < -0.3 is 0 Å². The van der Waals surface area contributed by atoms with Crippen LogP contribution < -0.4 is 0 Å². The average molecular weight is 277 g/mol. The minimum atomic E-state index is -4.56. The van der Waals surface area contributed by atoms with E-state index in [0.29, 0.717) is 11.4 Å². The van der Waals surface area contributed by atoms with Crippen LogP contribution in [0.2, 0.25) is 5.28 Å². The van der Waals surface area contributed by atoms with Gasteiger partial charge in [-0.2, -0.15) is 18.2 Å². The monoisotopic (exact) mass is 276 g/mol. The molecular weight excluding hydrogens is 269 g/mol. The van der Waals surface area contributed by atoms with Crippen molar-refractivity contribution in [2.45, 2.75) is 20.0 Å². The van der Waals surface area contributed by atoms with Gasteiger partial charge >= 0.3 is 6.18 Å². The summed E-state index contributed by atoms with van der Waals surface area (Å²) >= 11 is 5.51. The van der Waals surface area contributed by atoms with Crippen LogP contribution >= 0.6 is 11.6 Å². The standard InChI is InChI=1S/C10H8ClF3N4/c1-5-6(2)18(4-15-5)8-3-7(10(12,13)14)16-9(11)17-8/h3-4H,1-2H3. The summed E-state index contributed by atoms with van der Waals surface area (Å²) in [5.41, 5.74) is 0.319. The zero-order chi connectivity index (χ0) is 13.5. The molecule has 0 bridgehead atoms. The Kier molecular flexibility index (Phi) is 3.02. The van der Waals surface area contributed by atoms with Crippen LogP contribution in [0.4, 0.5) is 13.2 Å². The Morgan fingerprint density at radius 2 is 1.89 bits per heavy atom. The smallest absolute Gasteiger partial charge is 0.287 e. The largest absolute Gasteiger partial charge is 0.433 e. The van der Waals surface area contributed by atoms with Crippen LogP contribution in [-0.2, 0) is 6.18 Å². The number of halogens is 4. The molecule has 2 aromatic heterocycles. The second kappa shape index (κ2) is 4.24. The number of hydrogen-bond acceptors (Lipinski definition) is 3. The van der Waals surface area contributed by atoms with E-state index >= 15 is 0 Å². The summed E-state index contributed by atoms with van der Waals surface area (Å²) in [7, 11) is 0. The van der Waals surface area contributed by atoms with E-state index in [1.54, 1.807) is 13.8 Å². The Balaban J connectivity index is 2.59. The highest BCUT2D eigenvalue weighted by atomic mass is 35.5.